The Morgan fingerprint density at radius 2 is 2.10 bits per heavy atom. The Balaban J connectivity index is 1.75. The summed E-state index contributed by atoms with van der Waals surface area (Å²) in [7, 11) is 0. The summed E-state index contributed by atoms with van der Waals surface area (Å²) >= 11 is 7.96. The van der Waals surface area contributed by atoms with E-state index < -0.39 is 0 Å². The smallest absolute Gasteiger partial charge is 0.161 e. The molecule has 1 aromatic rings. The predicted octanol–water partition coefficient (Wildman–Crippen LogP) is 4.43. The number of hydrogen-bond donors (Lipinski definition) is 1. The molecular formula is C15H16ClN3S. The summed E-state index contributed by atoms with van der Waals surface area (Å²) in [5, 5.41) is 13.7. The minimum absolute atomic E-state index is 0.157. The first-order chi connectivity index (χ1) is 9.71. The molecule has 1 saturated carbocycles. The fraction of sp³-hybridized carbons (Fsp3) is 0.467. The summed E-state index contributed by atoms with van der Waals surface area (Å²) in [6.45, 7) is 0. The third-order valence-electron chi connectivity index (χ3n) is 3.94. The van der Waals surface area contributed by atoms with Crippen LogP contribution in [0.25, 0.3) is 0 Å². The van der Waals surface area contributed by atoms with Gasteiger partial charge in [0.05, 0.1) is 27.9 Å². The Morgan fingerprint density at radius 1 is 1.30 bits per heavy atom. The average molecular weight is 306 g/mol. The van der Waals surface area contributed by atoms with Crippen molar-refractivity contribution in [1.29, 1.82) is 5.26 Å². The standard InChI is InChI=1S/C15H16ClN3S/c16-12-8-11(9-17)4-5-13(12)18-14-19-15(10-20-14)6-2-1-3-7-15/h4-5,8H,1-3,6-7,10H2,(H,18,19). The van der Waals surface area contributed by atoms with E-state index in [1.165, 1.54) is 32.1 Å². The van der Waals surface area contributed by atoms with Crippen LogP contribution >= 0.6 is 23.4 Å². The maximum atomic E-state index is 8.85. The SMILES string of the molecule is N#Cc1ccc(NC2=NC3(CCCCC3)CS2)c(Cl)c1. The largest absolute Gasteiger partial charge is 0.334 e. The number of nitrogens with one attached hydrogen (secondary N) is 1. The van der Waals surface area contributed by atoms with Gasteiger partial charge in [0.25, 0.3) is 0 Å². The van der Waals surface area contributed by atoms with E-state index >= 15 is 0 Å². The first-order valence-electron chi connectivity index (χ1n) is 6.90. The Hall–Kier alpha value is -1.18. The molecule has 3 rings (SSSR count). The van der Waals surface area contributed by atoms with Gasteiger partial charge >= 0.3 is 0 Å². The first-order valence-corrected chi connectivity index (χ1v) is 8.26. The van der Waals surface area contributed by atoms with Crippen molar-refractivity contribution in [2.45, 2.75) is 37.6 Å². The maximum absolute atomic E-state index is 8.85. The van der Waals surface area contributed by atoms with Gasteiger partial charge in [-0.25, -0.2) is 0 Å². The van der Waals surface area contributed by atoms with Crippen LogP contribution in [0.3, 0.4) is 0 Å². The van der Waals surface area contributed by atoms with Gasteiger partial charge in [0, 0.05) is 5.75 Å². The van der Waals surface area contributed by atoms with E-state index in [1.807, 2.05) is 6.07 Å². The van der Waals surface area contributed by atoms with E-state index in [4.69, 9.17) is 21.9 Å². The highest BCUT2D eigenvalue weighted by atomic mass is 35.5. The Bertz CT molecular complexity index is 585. The minimum atomic E-state index is 0.157. The number of anilines is 1. The first kappa shape index (κ1) is 13.8. The van der Waals surface area contributed by atoms with Gasteiger partial charge in [-0.1, -0.05) is 42.6 Å². The van der Waals surface area contributed by atoms with E-state index in [0.29, 0.717) is 10.6 Å². The molecule has 1 heterocycles. The molecule has 0 saturated heterocycles. The lowest BCUT2D eigenvalue weighted by molar-refractivity contribution is 0.335. The van der Waals surface area contributed by atoms with E-state index in [2.05, 4.69) is 11.4 Å². The molecule has 0 bridgehead atoms. The topological polar surface area (TPSA) is 48.2 Å². The summed E-state index contributed by atoms with van der Waals surface area (Å²) in [6, 6.07) is 7.38. The number of aliphatic imine (C=N–C) groups is 1. The highest BCUT2D eigenvalue weighted by molar-refractivity contribution is 8.14. The van der Waals surface area contributed by atoms with Crippen molar-refractivity contribution in [3.8, 4) is 6.07 Å². The molecule has 0 aromatic heterocycles. The molecule has 1 aliphatic heterocycles. The Kier molecular flexibility index (Phi) is 3.91. The van der Waals surface area contributed by atoms with Gasteiger partial charge in [0.1, 0.15) is 0 Å². The molecule has 1 aromatic carbocycles. The second-order valence-corrected chi connectivity index (χ2v) is 6.79. The van der Waals surface area contributed by atoms with Gasteiger partial charge in [-0.3, -0.25) is 4.99 Å². The molecule has 3 nitrogen and oxygen atoms in total. The molecule has 20 heavy (non-hydrogen) atoms. The molecule has 0 unspecified atom stereocenters. The molecule has 0 amide bonds. The Morgan fingerprint density at radius 3 is 2.80 bits per heavy atom. The van der Waals surface area contributed by atoms with Crippen molar-refractivity contribution < 1.29 is 0 Å². The van der Waals surface area contributed by atoms with Gasteiger partial charge in [-0.05, 0) is 31.0 Å². The van der Waals surface area contributed by atoms with Crippen LogP contribution in [0.4, 0.5) is 5.69 Å². The third-order valence-corrected chi connectivity index (χ3v) is 5.40. The molecule has 1 aliphatic carbocycles. The quantitative estimate of drug-likeness (QED) is 0.835. The zero-order valence-corrected chi connectivity index (χ0v) is 12.7. The molecule has 104 valence electrons. The monoisotopic (exact) mass is 305 g/mol. The maximum Gasteiger partial charge on any atom is 0.161 e. The van der Waals surface area contributed by atoms with Crippen LogP contribution in [-0.4, -0.2) is 16.5 Å². The summed E-state index contributed by atoms with van der Waals surface area (Å²) in [4.78, 5) is 4.90. The van der Waals surface area contributed by atoms with Crippen molar-refractivity contribution in [1.82, 2.24) is 0 Å². The number of halogens is 1. The molecule has 1 fully saturated rings. The highest BCUT2D eigenvalue weighted by Gasteiger charge is 2.36. The Labute approximate surface area is 128 Å². The summed E-state index contributed by atoms with van der Waals surface area (Å²) in [5.74, 6) is 1.07. The van der Waals surface area contributed by atoms with Crippen molar-refractivity contribution >= 4 is 34.2 Å². The van der Waals surface area contributed by atoms with E-state index in [-0.39, 0.29) is 5.54 Å². The lowest BCUT2D eigenvalue weighted by Gasteiger charge is -2.29. The predicted molar refractivity (Wildman–Crippen MR) is 85.5 cm³/mol. The summed E-state index contributed by atoms with van der Waals surface area (Å²) in [5.41, 5.74) is 1.56. The summed E-state index contributed by atoms with van der Waals surface area (Å²) in [6.07, 6.45) is 6.31. The van der Waals surface area contributed by atoms with Crippen LogP contribution in [-0.2, 0) is 0 Å². The van der Waals surface area contributed by atoms with Gasteiger partial charge in [-0.15, -0.1) is 0 Å². The molecule has 0 radical (unpaired) electrons. The number of benzene rings is 1. The summed E-state index contributed by atoms with van der Waals surface area (Å²) < 4.78 is 0. The van der Waals surface area contributed by atoms with Crippen LogP contribution in [0.15, 0.2) is 23.2 Å². The average Bonchev–Trinajstić information content (AvgIpc) is 2.84. The van der Waals surface area contributed by atoms with Gasteiger partial charge in [0.15, 0.2) is 5.17 Å². The van der Waals surface area contributed by atoms with Crippen LogP contribution < -0.4 is 5.32 Å². The third kappa shape index (κ3) is 2.79. The molecule has 0 atom stereocenters. The normalized spacial score (nSPS) is 20.5. The van der Waals surface area contributed by atoms with Crippen LogP contribution in [0.2, 0.25) is 5.02 Å². The zero-order valence-electron chi connectivity index (χ0n) is 11.2. The van der Waals surface area contributed by atoms with E-state index in [0.717, 1.165) is 16.6 Å². The molecular weight excluding hydrogens is 290 g/mol. The fourth-order valence-corrected chi connectivity index (χ4v) is 4.24. The number of nitriles is 1. The number of hydrogen-bond acceptors (Lipinski definition) is 4. The minimum Gasteiger partial charge on any atom is -0.334 e. The number of thioether (sulfide) groups is 1. The molecule has 2 aliphatic rings. The highest BCUT2D eigenvalue weighted by Crippen LogP contribution is 2.40. The lowest BCUT2D eigenvalue weighted by Crippen LogP contribution is -2.29. The van der Waals surface area contributed by atoms with Crippen molar-refractivity contribution in [3.05, 3.63) is 28.8 Å². The molecule has 1 spiro atoms. The number of nitrogens with zero attached hydrogens (tertiary/aromatic N) is 2. The van der Waals surface area contributed by atoms with Crippen molar-refractivity contribution in [3.63, 3.8) is 0 Å². The molecule has 5 heteroatoms. The van der Waals surface area contributed by atoms with Crippen LogP contribution in [0.1, 0.15) is 37.7 Å². The van der Waals surface area contributed by atoms with Crippen molar-refractivity contribution in [2.24, 2.45) is 4.99 Å². The fourth-order valence-electron chi connectivity index (χ4n) is 2.81. The van der Waals surface area contributed by atoms with Gasteiger partial charge in [0.2, 0.25) is 0 Å². The van der Waals surface area contributed by atoms with Crippen LogP contribution in [0, 0.1) is 11.3 Å². The van der Waals surface area contributed by atoms with Gasteiger partial charge in [-0.2, -0.15) is 5.26 Å². The van der Waals surface area contributed by atoms with Gasteiger partial charge < -0.3 is 5.32 Å². The second kappa shape index (κ2) is 5.67. The molecule has 1 N–H and O–H groups in total. The zero-order chi connectivity index (χ0) is 14.0. The van der Waals surface area contributed by atoms with E-state index in [1.54, 1.807) is 23.9 Å². The second-order valence-electron chi connectivity index (χ2n) is 5.42. The number of rotatable bonds is 1. The van der Waals surface area contributed by atoms with Crippen molar-refractivity contribution in [2.75, 3.05) is 11.1 Å². The number of amidine groups is 1. The lowest BCUT2D eigenvalue weighted by atomic mass is 9.84. The van der Waals surface area contributed by atoms with Crippen LogP contribution in [0.5, 0.6) is 0 Å². The van der Waals surface area contributed by atoms with E-state index in [9.17, 15) is 0 Å².